The van der Waals surface area contributed by atoms with Gasteiger partial charge in [-0.1, -0.05) is 0 Å². The van der Waals surface area contributed by atoms with Gasteiger partial charge in [0.05, 0.1) is 0 Å². The highest BCUT2D eigenvalue weighted by molar-refractivity contribution is 5.47. The molecule has 114 valence electrons. The number of piperidine rings is 2. The Balaban J connectivity index is 1.47. The van der Waals surface area contributed by atoms with Gasteiger partial charge in [-0.2, -0.15) is 0 Å². The predicted molar refractivity (Wildman–Crippen MR) is 88.0 cm³/mol. The van der Waals surface area contributed by atoms with Crippen molar-refractivity contribution in [1.29, 1.82) is 0 Å². The minimum absolute atomic E-state index is 0.320. The molecule has 1 aromatic heterocycles. The quantitative estimate of drug-likeness (QED) is 0.884. The summed E-state index contributed by atoms with van der Waals surface area (Å²) in [5.41, 5.74) is 7.80. The van der Waals surface area contributed by atoms with Crippen molar-refractivity contribution in [2.45, 2.75) is 31.4 Å². The predicted octanol–water partition coefficient (Wildman–Crippen LogP) is 3.10. The molecule has 3 heterocycles. The lowest BCUT2D eigenvalue weighted by molar-refractivity contribution is 0.0572. The number of nitrogens with two attached hydrogens (primary N) is 1. The summed E-state index contributed by atoms with van der Waals surface area (Å²) in [6.45, 7) is 1.08. The van der Waals surface area contributed by atoms with Gasteiger partial charge in [0.15, 0.2) is 0 Å². The summed E-state index contributed by atoms with van der Waals surface area (Å²) in [7, 11) is 0. The largest absolute Gasteiger partial charge is 0.490 e. The number of aromatic nitrogens is 1. The summed E-state index contributed by atoms with van der Waals surface area (Å²) in [6.07, 6.45) is 7.68. The van der Waals surface area contributed by atoms with Crippen LogP contribution in [0.5, 0.6) is 5.75 Å². The monoisotopic (exact) mass is 295 g/mol. The zero-order valence-electron chi connectivity index (χ0n) is 12.6. The molecular formula is C18H21N3O. The summed E-state index contributed by atoms with van der Waals surface area (Å²) in [5, 5.41) is 0. The normalized spacial score (nSPS) is 26.9. The van der Waals surface area contributed by atoms with Crippen LogP contribution in [0.3, 0.4) is 0 Å². The van der Waals surface area contributed by atoms with E-state index in [-0.39, 0.29) is 0 Å². The lowest BCUT2D eigenvalue weighted by atomic mass is 9.77. The van der Waals surface area contributed by atoms with Crippen molar-refractivity contribution in [3.63, 3.8) is 0 Å². The molecule has 3 atom stereocenters. The fourth-order valence-corrected chi connectivity index (χ4v) is 3.78. The van der Waals surface area contributed by atoms with Gasteiger partial charge in [-0.25, -0.2) is 0 Å². The first kappa shape index (κ1) is 13.4. The fourth-order valence-electron chi connectivity index (χ4n) is 3.78. The number of nitrogen functional groups attached to an aromatic ring is 1. The zero-order chi connectivity index (χ0) is 14.9. The summed E-state index contributed by atoms with van der Waals surface area (Å²) in [4.78, 5) is 6.65. The van der Waals surface area contributed by atoms with Crippen LogP contribution in [0.15, 0.2) is 48.8 Å². The van der Waals surface area contributed by atoms with Crippen LogP contribution in [0.25, 0.3) is 0 Å². The van der Waals surface area contributed by atoms with Gasteiger partial charge >= 0.3 is 0 Å². The smallest absolute Gasteiger partial charge is 0.119 e. The first-order chi connectivity index (χ1) is 10.8. The Bertz CT molecular complexity index is 629. The molecule has 4 heteroatoms. The highest BCUT2D eigenvalue weighted by Crippen LogP contribution is 2.39. The van der Waals surface area contributed by atoms with E-state index < -0.39 is 0 Å². The number of ether oxygens (including phenoxy) is 1. The molecule has 2 bridgehead atoms. The molecule has 3 unspecified atom stereocenters. The zero-order valence-corrected chi connectivity index (χ0v) is 12.6. The van der Waals surface area contributed by atoms with Crippen LogP contribution in [0, 0.1) is 5.92 Å². The van der Waals surface area contributed by atoms with Crippen LogP contribution in [0.4, 0.5) is 11.4 Å². The molecule has 3 aliphatic rings. The second kappa shape index (κ2) is 5.52. The van der Waals surface area contributed by atoms with Crippen molar-refractivity contribution in [3.8, 4) is 5.75 Å². The molecule has 4 nitrogen and oxygen atoms in total. The topological polar surface area (TPSA) is 51.4 Å². The van der Waals surface area contributed by atoms with E-state index in [1.807, 2.05) is 36.7 Å². The van der Waals surface area contributed by atoms with Gasteiger partial charge in [0.1, 0.15) is 11.9 Å². The Morgan fingerprint density at radius 2 is 1.82 bits per heavy atom. The molecule has 1 aromatic carbocycles. The van der Waals surface area contributed by atoms with E-state index in [9.17, 15) is 0 Å². The van der Waals surface area contributed by atoms with Crippen molar-refractivity contribution < 1.29 is 4.74 Å². The molecule has 1 saturated carbocycles. The maximum Gasteiger partial charge on any atom is 0.119 e. The third kappa shape index (κ3) is 2.49. The Labute approximate surface area is 130 Å². The van der Waals surface area contributed by atoms with E-state index >= 15 is 0 Å². The molecule has 5 rings (SSSR count). The lowest BCUT2D eigenvalue weighted by Gasteiger charge is -2.50. The van der Waals surface area contributed by atoms with Crippen LogP contribution in [0.1, 0.15) is 19.3 Å². The SMILES string of the molecule is Nc1ccc(OC2CC3CCC2CN3c2ccncc2)cc1. The fraction of sp³-hybridized carbons (Fsp3) is 0.389. The van der Waals surface area contributed by atoms with Crippen molar-refractivity contribution in [1.82, 2.24) is 4.98 Å². The first-order valence-corrected chi connectivity index (χ1v) is 7.98. The lowest BCUT2D eigenvalue weighted by Crippen LogP contribution is -2.55. The molecule has 2 aliphatic heterocycles. The van der Waals surface area contributed by atoms with Gasteiger partial charge in [0, 0.05) is 48.7 Å². The number of pyridine rings is 1. The van der Waals surface area contributed by atoms with E-state index in [0.717, 1.165) is 24.4 Å². The molecular weight excluding hydrogens is 274 g/mol. The molecule has 0 radical (unpaired) electrons. The minimum Gasteiger partial charge on any atom is -0.490 e. The summed E-state index contributed by atoms with van der Waals surface area (Å²) < 4.78 is 6.23. The molecule has 2 aromatic rings. The Kier molecular flexibility index (Phi) is 3.37. The number of rotatable bonds is 3. The van der Waals surface area contributed by atoms with Crippen LogP contribution in [-0.2, 0) is 0 Å². The summed E-state index contributed by atoms with van der Waals surface area (Å²) in [6, 6.07) is 12.5. The minimum atomic E-state index is 0.320. The van der Waals surface area contributed by atoms with Gasteiger partial charge in [0.25, 0.3) is 0 Å². The van der Waals surface area contributed by atoms with Gasteiger partial charge < -0.3 is 15.4 Å². The van der Waals surface area contributed by atoms with Gasteiger partial charge in [0.2, 0.25) is 0 Å². The number of fused-ring (bicyclic) bond motifs is 3. The average Bonchev–Trinajstić information content (AvgIpc) is 2.58. The number of anilines is 2. The van der Waals surface area contributed by atoms with Crippen LogP contribution >= 0.6 is 0 Å². The van der Waals surface area contributed by atoms with E-state index in [0.29, 0.717) is 18.1 Å². The third-order valence-corrected chi connectivity index (χ3v) is 4.93. The standard InChI is InChI=1S/C18H21N3O/c19-14-2-5-17(6-3-14)22-18-11-16-4-1-13(18)12-21(16)15-7-9-20-10-8-15/h2-3,5-10,13,16,18H,1,4,11-12,19H2. The summed E-state index contributed by atoms with van der Waals surface area (Å²) in [5.74, 6) is 1.53. The summed E-state index contributed by atoms with van der Waals surface area (Å²) >= 11 is 0. The van der Waals surface area contributed by atoms with E-state index in [4.69, 9.17) is 10.5 Å². The average molecular weight is 295 g/mol. The van der Waals surface area contributed by atoms with Gasteiger partial charge in [-0.3, -0.25) is 4.98 Å². The van der Waals surface area contributed by atoms with Crippen molar-refractivity contribution in [3.05, 3.63) is 48.8 Å². The maximum atomic E-state index is 6.23. The first-order valence-electron chi connectivity index (χ1n) is 7.98. The van der Waals surface area contributed by atoms with Crippen LogP contribution in [-0.4, -0.2) is 23.7 Å². The van der Waals surface area contributed by atoms with Crippen LogP contribution < -0.4 is 15.4 Å². The van der Waals surface area contributed by atoms with Crippen molar-refractivity contribution >= 4 is 11.4 Å². The maximum absolute atomic E-state index is 6.23. The molecule has 0 amide bonds. The van der Waals surface area contributed by atoms with E-state index in [1.54, 1.807) is 0 Å². The van der Waals surface area contributed by atoms with Crippen molar-refractivity contribution in [2.24, 2.45) is 5.92 Å². The van der Waals surface area contributed by atoms with Gasteiger partial charge in [-0.05, 0) is 49.2 Å². The number of hydrogen-bond donors (Lipinski definition) is 1. The highest BCUT2D eigenvalue weighted by atomic mass is 16.5. The molecule has 2 N–H and O–H groups in total. The Hall–Kier alpha value is -2.23. The molecule has 3 fully saturated rings. The third-order valence-electron chi connectivity index (χ3n) is 4.93. The molecule has 22 heavy (non-hydrogen) atoms. The number of nitrogens with zero attached hydrogens (tertiary/aromatic N) is 2. The molecule has 0 spiro atoms. The second-order valence-electron chi connectivity index (χ2n) is 6.31. The second-order valence-corrected chi connectivity index (χ2v) is 6.31. The number of hydrogen-bond acceptors (Lipinski definition) is 4. The van der Waals surface area contributed by atoms with Crippen molar-refractivity contribution in [2.75, 3.05) is 17.2 Å². The number of benzene rings is 1. The van der Waals surface area contributed by atoms with Crippen LogP contribution in [0.2, 0.25) is 0 Å². The molecule has 1 aliphatic carbocycles. The highest BCUT2D eigenvalue weighted by Gasteiger charge is 2.41. The Morgan fingerprint density at radius 1 is 1.05 bits per heavy atom. The Morgan fingerprint density at radius 3 is 2.50 bits per heavy atom. The van der Waals surface area contributed by atoms with Gasteiger partial charge in [-0.15, -0.1) is 0 Å². The van der Waals surface area contributed by atoms with E-state index in [2.05, 4.69) is 22.0 Å². The van der Waals surface area contributed by atoms with E-state index in [1.165, 1.54) is 18.5 Å². The molecule has 2 saturated heterocycles.